The molecule has 136 valence electrons. The summed E-state index contributed by atoms with van der Waals surface area (Å²) in [4.78, 5) is 13.0. The first-order valence-electron chi connectivity index (χ1n) is 8.57. The molecule has 26 heavy (non-hydrogen) atoms. The first kappa shape index (κ1) is 18.5. The first-order valence-corrected chi connectivity index (χ1v) is 8.57. The normalized spacial score (nSPS) is 20.7. The average molecular weight is 373 g/mol. The van der Waals surface area contributed by atoms with Crippen molar-refractivity contribution in [3.63, 3.8) is 0 Å². The Morgan fingerprint density at radius 1 is 1.04 bits per heavy atom. The summed E-state index contributed by atoms with van der Waals surface area (Å²) < 4.78 is 13.8. The number of benzene rings is 2. The third kappa shape index (κ3) is 3.34. The minimum atomic E-state index is -0.356. The molecule has 1 heterocycles. The molecule has 1 aliphatic heterocycles. The highest BCUT2D eigenvalue weighted by Crippen LogP contribution is 2.45. The maximum atomic E-state index is 13.8. The Balaban J connectivity index is 0.00000196. The number of hydrogen-bond acceptors (Lipinski definition) is 3. The van der Waals surface area contributed by atoms with Gasteiger partial charge in [-0.15, -0.1) is 12.4 Å². The number of nitrogens with one attached hydrogen (secondary N) is 2. The van der Waals surface area contributed by atoms with Crippen LogP contribution in [-0.2, 0) is 4.79 Å². The van der Waals surface area contributed by atoms with Gasteiger partial charge in [0.2, 0.25) is 0 Å². The van der Waals surface area contributed by atoms with E-state index in [1.165, 1.54) is 12.1 Å². The molecule has 1 aliphatic carbocycles. The van der Waals surface area contributed by atoms with Crippen molar-refractivity contribution in [1.29, 1.82) is 0 Å². The minimum Gasteiger partial charge on any atom is -0.372 e. The van der Waals surface area contributed by atoms with E-state index in [1.807, 2.05) is 30.3 Å². The van der Waals surface area contributed by atoms with Crippen molar-refractivity contribution in [3.05, 3.63) is 71.2 Å². The second-order valence-electron chi connectivity index (χ2n) is 7.64. The van der Waals surface area contributed by atoms with Crippen molar-refractivity contribution in [3.8, 4) is 0 Å². The monoisotopic (exact) mass is 372 g/mol. The van der Waals surface area contributed by atoms with E-state index in [4.69, 9.17) is 0 Å². The molecule has 0 saturated heterocycles. The van der Waals surface area contributed by atoms with Gasteiger partial charge in [0.05, 0.1) is 17.4 Å². The molecule has 0 fully saturated rings. The molecular formula is C21H22ClFN2O. The number of halogens is 2. The fourth-order valence-corrected chi connectivity index (χ4v) is 3.83. The van der Waals surface area contributed by atoms with Gasteiger partial charge in [-0.1, -0.05) is 38.1 Å². The van der Waals surface area contributed by atoms with Gasteiger partial charge in [-0.25, -0.2) is 4.39 Å². The van der Waals surface area contributed by atoms with Gasteiger partial charge in [0, 0.05) is 17.7 Å². The van der Waals surface area contributed by atoms with Crippen LogP contribution in [0.2, 0.25) is 0 Å². The second-order valence-corrected chi connectivity index (χ2v) is 7.64. The molecule has 3 nitrogen and oxygen atoms in total. The van der Waals surface area contributed by atoms with E-state index in [9.17, 15) is 9.18 Å². The minimum absolute atomic E-state index is 0. The van der Waals surface area contributed by atoms with Crippen LogP contribution in [-0.4, -0.2) is 5.78 Å². The van der Waals surface area contributed by atoms with Gasteiger partial charge in [0.25, 0.3) is 0 Å². The molecule has 4 rings (SSSR count). The number of Topliss-reactive ketones (excluding diaryl/α,β-unsaturated/α-hetero) is 1. The van der Waals surface area contributed by atoms with Crippen molar-refractivity contribution in [1.82, 2.24) is 0 Å². The summed E-state index contributed by atoms with van der Waals surface area (Å²) in [5, 5.41) is 6.92. The highest BCUT2D eigenvalue weighted by Gasteiger charge is 2.38. The summed E-state index contributed by atoms with van der Waals surface area (Å²) >= 11 is 0. The van der Waals surface area contributed by atoms with Gasteiger partial charge in [-0.2, -0.15) is 0 Å². The van der Waals surface area contributed by atoms with Crippen LogP contribution < -0.4 is 10.6 Å². The number of carbonyl (C=O) groups excluding carboxylic acids is 1. The van der Waals surface area contributed by atoms with Crippen LogP contribution in [0.3, 0.4) is 0 Å². The van der Waals surface area contributed by atoms with Crippen molar-refractivity contribution in [2.75, 3.05) is 10.6 Å². The van der Waals surface area contributed by atoms with Crippen molar-refractivity contribution in [2.45, 2.75) is 32.7 Å². The molecule has 1 atom stereocenters. The highest BCUT2D eigenvalue weighted by atomic mass is 35.5. The highest BCUT2D eigenvalue weighted by molar-refractivity contribution is 6.01. The molecule has 0 amide bonds. The smallest absolute Gasteiger partial charge is 0.163 e. The van der Waals surface area contributed by atoms with Crippen LogP contribution in [0.15, 0.2) is 59.8 Å². The molecule has 2 aromatic carbocycles. The Labute approximate surface area is 159 Å². The van der Waals surface area contributed by atoms with Crippen molar-refractivity contribution < 1.29 is 9.18 Å². The predicted molar refractivity (Wildman–Crippen MR) is 105 cm³/mol. The van der Waals surface area contributed by atoms with Crippen molar-refractivity contribution in [2.24, 2.45) is 5.41 Å². The van der Waals surface area contributed by atoms with E-state index >= 15 is 0 Å². The van der Waals surface area contributed by atoms with Crippen LogP contribution in [0.4, 0.5) is 15.8 Å². The van der Waals surface area contributed by atoms with E-state index in [1.54, 1.807) is 6.07 Å². The van der Waals surface area contributed by atoms with Gasteiger partial charge in [-0.05, 0) is 41.7 Å². The van der Waals surface area contributed by atoms with Gasteiger partial charge < -0.3 is 10.6 Å². The number of hydrogen-bond donors (Lipinski definition) is 2. The van der Waals surface area contributed by atoms with E-state index < -0.39 is 0 Å². The standard InChI is InChI=1S/C21H21FN2O.ClH/c1-21(2)11-17-19(18(25)12-21)20(13-6-5-7-14(22)10-13)24-16-9-4-3-8-15(16)23-17;/h3-10,20,23-24H,11-12H2,1-2H3;1H. The molecule has 2 N–H and O–H groups in total. The number of para-hydroxylation sites is 2. The van der Waals surface area contributed by atoms with E-state index in [2.05, 4.69) is 24.5 Å². The molecule has 0 aromatic heterocycles. The quantitative estimate of drug-likeness (QED) is 0.697. The van der Waals surface area contributed by atoms with Crippen LogP contribution in [0, 0.1) is 11.2 Å². The number of anilines is 2. The summed E-state index contributed by atoms with van der Waals surface area (Å²) in [5.74, 6) is -0.177. The van der Waals surface area contributed by atoms with Gasteiger partial charge >= 0.3 is 0 Å². The molecule has 2 aromatic rings. The third-order valence-corrected chi connectivity index (χ3v) is 4.90. The zero-order valence-corrected chi connectivity index (χ0v) is 15.6. The lowest BCUT2D eigenvalue weighted by Gasteiger charge is -2.34. The first-order chi connectivity index (χ1) is 11.9. The Kier molecular flexibility index (Phi) is 4.80. The van der Waals surface area contributed by atoms with E-state index in [0.29, 0.717) is 6.42 Å². The predicted octanol–water partition coefficient (Wildman–Crippen LogP) is 5.47. The Hall–Kier alpha value is -2.33. The zero-order chi connectivity index (χ0) is 17.6. The summed E-state index contributed by atoms with van der Waals surface area (Å²) in [5.41, 5.74) is 4.19. The third-order valence-electron chi connectivity index (χ3n) is 4.90. The van der Waals surface area contributed by atoms with Crippen molar-refractivity contribution >= 4 is 29.6 Å². The SMILES string of the molecule is CC1(C)CC(=O)C2=C(C1)Nc1ccccc1NC2c1cccc(F)c1.Cl. The molecular weight excluding hydrogens is 351 g/mol. The second kappa shape index (κ2) is 6.76. The van der Waals surface area contributed by atoms with Crippen LogP contribution in [0.5, 0.6) is 0 Å². The zero-order valence-electron chi connectivity index (χ0n) is 14.8. The van der Waals surface area contributed by atoms with E-state index in [0.717, 1.165) is 34.6 Å². The molecule has 0 saturated carbocycles. The van der Waals surface area contributed by atoms with E-state index in [-0.39, 0.29) is 35.5 Å². The maximum Gasteiger partial charge on any atom is 0.163 e. The average Bonchev–Trinajstić information content (AvgIpc) is 2.70. The summed E-state index contributed by atoms with van der Waals surface area (Å²) in [6.07, 6.45) is 1.28. The van der Waals surface area contributed by atoms with Crippen LogP contribution >= 0.6 is 12.4 Å². The van der Waals surface area contributed by atoms with Gasteiger partial charge in [0.15, 0.2) is 5.78 Å². The summed E-state index contributed by atoms with van der Waals surface area (Å²) in [7, 11) is 0. The Bertz CT molecular complexity index is 891. The number of allylic oxidation sites excluding steroid dienone is 1. The summed E-state index contributed by atoms with van der Waals surface area (Å²) in [6.45, 7) is 4.22. The van der Waals surface area contributed by atoms with Gasteiger partial charge in [0.1, 0.15) is 5.82 Å². The molecule has 1 unspecified atom stereocenters. The molecule has 5 heteroatoms. The lowest BCUT2D eigenvalue weighted by molar-refractivity contribution is -0.118. The topological polar surface area (TPSA) is 41.1 Å². The molecule has 0 radical (unpaired) electrons. The number of carbonyl (C=O) groups is 1. The lowest BCUT2D eigenvalue weighted by Crippen LogP contribution is -2.31. The Morgan fingerprint density at radius 3 is 2.50 bits per heavy atom. The molecule has 2 aliphatic rings. The molecule has 0 spiro atoms. The van der Waals surface area contributed by atoms with Crippen LogP contribution in [0.1, 0.15) is 38.3 Å². The summed E-state index contributed by atoms with van der Waals surface area (Å²) in [6, 6.07) is 14.0. The number of ketones is 1. The maximum absolute atomic E-state index is 13.8. The number of fused-ring (bicyclic) bond motifs is 1. The Morgan fingerprint density at radius 2 is 1.77 bits per heavy atom. The van der Waals surface area contributed by atoms with Crippen LogP contribution in [0.25, 0.3) is 0 Å². The molecule has 0 bridgehead atoms. The lowest BCUT2D eigenvalue weighted by atomic mass is 9.73. The van der Waals surface area contributed by atoms with Gasteiger partial charge in [-0.3, -0.25) is 4.79 Å². The fourth-order valence-electron chi connectivity index (χ4n) is 3.83. The fraction of sp³-hybridized carbons (Fsp3) is 0.286. The largest absolute Gasteiger partial charge is 0.372 e. The number of rotatable bonds is 1.